The largest absolute Gasteiger partial charge is 0.480 e. The fourth-order valence-corrected chi connectivity index (χ4v) is 2.79. The van der Waals surface area contributed by atoms with E-state index in [-0.39, 0.29) is 5.92 Å². The lowest BCUT2D eigenvalue weighted by Gasteiger charge is -2.26. The van der Waals surface area contributed by atoms with Crippen molar-refractivity contribution in [3.63, 3.8) is 0 Å². The molecule has 0 saturated carbocycles. The minimum absolute atomic E-state index is 0.280. The molecule has 0 aromatic heterocycles. The Morgan fingerprint density at radius 2 is 2.25 bits per heavy atom. The molecule has 1 saturated heterocycles. The van der Waals surface area contributed by atoms with E-state index in [1.807, 2.05) is 0 Å². The molecule has 1 fully saturated rings. The number of nitrogens with one attached hydrogen (secondary N) is 1. The standard InChI is InChI=1S/C9H18N2O4S/c1-11(16(14,15)7-9(12)13)6-8-3-2-4-10-5-8/h8,10H,2-7H2,1H3,(H,12,13). The van der Waals surface area contributed by atoms with Gasteiger partial charge in [0, 0.05) is 13.6 Å². The molecule has 1 heterocycles. The van der Waals surface area contributed by atoms with E-state index in [2.05, 4.69) is 5.32 Å². The number of nitrogens with zero attached hydrogens (tertiary/aromatic N) is 1. The van der Waals surface area contributed by atoms with E-state index in [1.165, 1.54) is 7.05 Å². The lowest BCUT2D eigenvalue weighted by molar-refractivity contribution is -0.134. The molecule has 1 aliphatic rings. The highest BCUT2D eigenvalue weighted by atomic mass is 32.2. The summed E-state index contributed by atoms with van der Waals surface area (Å²) in [5.41, 5.74) is 0. The summed E-state index contributed by atoms with van der Waals surface area (Å²) >= 11 is 0. The summed E-state index contributed by atoms with van der Waals surface area (Å²) in [6.45, 7) is 2.16. The van der Waals surface area contributed by atoms with Gasteiger partial charge in [-0.25, -0.2) is 12.7 Å². The monoisotopic (exact) mass is 250 g/mol. The van der Waals surface area contributed by atoms with E-state index in [0.717, 1.165) is 30.2 Å². The number of carbonyl (C=O) groups is 1. The summed E-state index contributed by atoms with van der Waals surface area (Å²) in [4.78, 5) is 10.4. The van der Waals surface area contributed by atoms with Gasteiger partial charge < -0.3 is 10.4 Å². The number of carboxylic acids is 1. The molecule has 0 aliphatic carbocycles. The summed E-state index contributed by atoms with van der Waals surface area (Å²) in [5.74, 6) is -1.86. The zero-order valence-electron chi connectivity index (χ0n) is 9.35. The van der Waals surface area contributed by atoms with Crippen molar-refractivity contribution in [2.75, 3.05) is 32.4 Å². The van der Waals surface area contributed by atoms with Gasteiger partial charge in [0.25, 0.3) is 0 Å². The number of carboxylic acid groups (broad SMARTS) is 1. The second-order valence-electron chi connectivity index (χ2n) is 4.14. The molecule has 7 heteroatoms. The molecule has 0 aromatic rings. The van der Waals surface area contributed by atoms with Gasteiger partial charge in [0.15, 0.2) is 5.75 Å². The molecule has 6 nitrogen and oxygen atoms in total. The van der Waals surface area contributed by atoms with E-state index in [4.69, 9.17) is 5.11 Å². The van der Waals surface area contributed by atoms with Gasteiger partial charge in [-0.1, -0.05) is 0 Å². The van der Waals surface area contributed by atoms with Crippen LogP contribution in [0.3, 0.4) is 0 Å². The molecular weight excluding hydrogens is 232 g/mol. The quantitative estimate of drug-likeness (QED) is 0.676. The SMILES string of the molecule is CN(CC1CCCNC1)S(=O)(=O)CC(=O)O. The normalized spacial score (nSPS) is 22.2. The van der Waals surface area contributed by atoms with E-state index in [9.17, 15) is 13.2 Å². The van der Waals surface area contributed by atoms with Crippen molar-refractivity contribution in [1.29, 1.82) is 0 Å². The third-order valence-corrected chi connectivity index (χ3v) is 4.41. The lowest BCUT2D eigenvalue weighted by atomic mass is 10.00. The highest BCUT2D eigenvalue weighted by Crippen LogP contribution is 2.12. The number of rotatable bonds is 5. The summed E-state index contributed by atoms with van der Waals surface area (Å²) in [6, 6.07) is 0. The molecular formula is C9H18N2O4S. The Kier molecular flexibility index (Phi) is 4.69. The highest BCUT2D eigenvalue weighted by Gasteiger charge is 2.25. The van der Waals surface area contributed by atoms with Crippen molar-refractivity contribution in [1.82, 2.24) is 9.62 Å². The molecule has 0 spiro atoms. The van der Waals surface area contributed by atoms with Gasteiger partial charge in [-0.3, -0.25) is 4.79 Å². The Morgan fingerprint density at radius 3 is 2.75 bits per heavy atom. The average molecular weight is 250 g/mol. The first-order valence-corrected chi connectivity index (χ1v) is 6.89. The van der Waals surface area contributed by atoms with Crippen molar-refractivity contribution < 1.29 is 18.3 Å². The van der Waals surface area contributed by atoms with Gasteiger partial charge >= 0.3 is 5.97 Å². The number of sulfonamides is 1. The van der Waals surface area contributed by atoms with Gasteiger partial charge in [0.1, 0.15) is 0 Å². The molecule has 0 bridgehead atoms. The molecule has 0 radical (unpaired) electrons. The van der Waals surface area contributed by atoms with Crippen molar-refractivity contribution in [3.05, 3.63) is 0 Å². The maximum absolute atomic E-state index is 11.5. The first-order valence-electron chi connectivity index (χ1n) is 5.28. The van der Waals surface area contributed by atoms with Gasteiger partial charge in [-0.05, 0) is 31.8 Å². The fraction of sp³-hybridized carbons (Fsp3) is 0.889. The number of piperidine rings is 1. The minimum atomic E-state index is -3.65. The van der Waals surface area contributed by atoms with Crippen LogP contribution < -0.4 is 5.32 Å². The lowest BCUT2D eigenvalue weighted by Crippen LogP contribution is -2.40. The Morgan fingerprint density at radius 1 is 1.56 bits per heavy atom. The summed E-state index contributed by atoms with van der Waals surface area (Å²) in [5, 5.41) is 11.7. The second-order valence-corrected chi connectivity index (χ2v) is 6.22. The number of hydrogen-bond donors (Lipinski definition) is 2. The third-order valence-electron chi connectivity index (χ3n) is 2.69. The van der Waals surface area contributed by atoms with E-state index < -0.39 is 21.7 Å². The zero-order chi connectivity index (χ0) is 12.2. The maximum atomic E-state index is 11.5. The Labute approximate surface area is 95.7 Å². The van der Waals surface area contributed by atoms with Gasteiger partial charge in [-0.2, -0.15) is 0 Å². The van der Waals surface area contributed by atoms with Crippen LogP contribution in [-0.2, 0) is 14.8 Å². The zero-order valence-corrected chi connectivity index (χ0v) is 10.2. The third kappa shape index (κ3) is 4.07. The molecule has 1 aliphatic heterocycles. The van der Waals surface area contributed by atoms with E-state index in [1.54, 1.807) is 0 Å². The van der Waals surface area contributed by atoms with Crippen LogP contribution in [-0.4, -0.2) is 56.2 Å². The maximum Gasteiger partial charge on any atom is 0.320 e. The Balaban J connectivity index is 2.49. The van der Waals surface area contributed by atoms with Crippen LogP contribution in [0, 0.1) is 5.92 Å². The van der Waals surface area contributed by atoms with Crippen molar-refractivity contribution in [2.24, 2.45) is 5.92 Å². The summed E-state index contributed by atoms with van der Waals surface area (Å²) in [7, 11) is -2.22. The molecule has 1 unspecified atom stereocenters. The van der Waals surface area contributed by atoms with Crippen molar-refractivity contribution >= 4 is 16.0 Å². The highest BCUT2D eigenvalue weighted by molar-refractivity contribution is 7.89. The number of aliphatic carboxylic acids is 1. The van der Waals surface area contributed by atoms with Gasteiger partial charge in [-0.15, -0.1) is 0 Å². The van der Waals surface area contributed by atoms with E-state index >= 15 is 0 Å². The minimum Gasteiger partial charge on any atom is -0.480 e. The average Bonchev–Trinajstić information content (AvgIpc) is 2.17. The molecule has 1 rings (SSSR count). The Hall–Kier alpha value is -0.660. The van der Waals surface area contributed by atoms with Crippen LogP contribution in [0.1, 0.15) is 12.8 Å². The van der Waals surface area contributed by atoms with Gasteiger partial charge in [0.2, 0.25) is 10.0 Å². The molecule has 0 amide bonds. The predicted octanol–water partition coefficient (Wildman–Crippen LogP) is -0.668. The van der Waals surface area contributed by atoms with Crippen molar-refractivity contribution in [2.45, 2.75) is 12.8 Å². The summed E-state index contributed by atoms with van der Waals surface area (Å²) < 4.78 is 24.2. The molecule has 0 aromatic carbocycles. The van der Waals surface area contributed by atoms with Crippen LogP contribution in [0.5, 0.6) is 0 Å². The van der Waals surface area contributed by atoms with Gasteiger partial charge in [0.05, 0.1) is 0 Å². The first-order chi connectivity index (χ1) is 7.42. The Bertz CT molecular complexity index is 335. The predicted molar refractivity (Wildman–Crippen MR) is 59.6 cm³/mol. The fourth-order valence-electron chi connectivity index (χ4n) is 1.82. The number of hydrogen-bond acceptors (Lipinski definition) is 4. The van der Waals surface area contributed by atoms with Crippen LogP contribution in [0.2, 0.25) is 0 Å². The van der Waals surface area contributed by atoms with Crippen LogP contribution >= 0.6 is 0 Å². The smallest absolute Gasteiger partial charge is 0.320 e. The van der Waals surface area contributed by atoms with Crippen LogP contribution in [0.25, 0.3) is 0 Å². The second kappa shape index (κ2) is 5.60. The summed E-state index contributed by atoms with van der Waals surface area (Å²) in [6.07, 6.45) is 2.03. The van der Waals surface area contributed by atoms with E-state index in [0.29, 0.717) is 6.54 Å². The van der Waals surface area contributed by atoms with Crippen LogP contribution in [0.15, 0.2) is 0 Å². The first kappa shape index (κ1) is 13.4. The topological polar surface area (TPSA) is 86.7 Å². The molecule has 1 atom stereocenters. The van der Waals surface area contributed by atoms with Crippen molar-refractivity contribution in [3.8, 4) is 0 Å². The molecule has 94 valence electrons. The van der Waals surface area contributed by atoms with Crippen LogP contribution in [0.4, 0.5) is 0 Å². The molecule has 2 N–H and O–H groups in total. The molecule has 16 heavy (non-hydrogen) atoms.